The maximum Gasteiger partial charge on any atom is 0.328 e. The first kappa shape index (κ1) is 27.3. The van der Waals surface area contributed by atoms with Gasteiger partial charge in [0.25, 0.3) is 0 Å². The molecule has 0 aliphatic carbocycles. The highest BCUT2D eigenvalue weighted by Crippen LogP contribution is 2.31. The molecule has 0 saturated carbocycles. The van der Waals surface area contributed by atoms with Gasteiger partial charge in [-0.3, -0.25) is 14.3 Å². The molecule has 5 rings (SSSR count). The number of amides is 1. The van der Waals surface area contributed by atoms with Crippen LogP contribution in [-0.4, -0.2) is 63.1 Å². The predicted molar refractivity (Wildman–Crippen MR) is 152 cm³/mol. The number of hydrogen-bond acceptors (Lipinski definition) is 7. The Labute approximate surface area is 229 Å². The van der Waals surface area contributed by atoms with Crippen molar-refractivity contribution in [1.82, 2.24) is 29.7 Å². The number of aromatic amines is 1. The van der Waals surface area contributed by atoms with E-state index in [4.69, 9.17) is 4.74 Å². The molecule has 0 spiro atoms. The van der Waals surface area contributed by atoms with Gasteiger partial charge < -0.3 is 20.4 Å². The number of rotatable bonds is 10. The standard InChI is InChI=1S/C29H41N7O3/c1-3-4-17-39-28-33-26(31-20(2)37)25-27(34-28)36(29(38)32-25)19-22-7-5-21(6-8-22)18-35-15-11-24(12-16-35)23-9-13-30-14-10-23/h5-8,23-24,30H,3-4,9-19H2,1-2H3,(H,32,38)(H,31,33,34,37). The van der Waals surface area contributed by atoms with Gasteiger partial charge in [0.1, 0.15) is 5.52 Å². The number of ether oxygens (including phenoxy) is 1. The number of carbonyl (C=O) groups is 1. The fourth-order valence-corrected chi connectivity index (χ4v) is 5.88. The smallest absolute Gasteiger partial charge is 0.328 e. The number of imidazole rings is 1. The average molecular weight is 536 g/mol. The Bertz CT molecular complexity index is 1300. The van der Waals surface area contributed by atoms with Crippen molar-refractivity contribution in [2.75, 3.05) is 38.1 Å². The third kappa shape index (κ3) is 6.86. The quantitative estimate of drug-likeness (QED) is 0.340. The molecular formula is C29H41N7O3. The van der Waals surface area contributed by atoms with Crippen molar-refractivity contribution in [3.05, 3.63) is 45.9 Å². The largest absolute Gasteiger partial charge is 0.463 e. The number of fused-ring (bicyclic) bond motifs is 1. The molecule has 2 fully saturated rings. The molecule has 0 atom stereocenters. The topological polar surface area (TPSA) is 117 Å². The summed E-state index contributed by atoms with van der Waals surface area (Å²) < 4.78 is 7.27. The Morgan fingerprint density at radius 2 is 1.69 bits per heavy atom. The number of likely N-dealkylation sites (tertiary alicyclic amines) is 1. The van der Waals surface area contributed by atoms with Gasteiger partial charge in [-0.05, 0) is 81.2 Å². The lowest BCUT2D eigenvalue weighted by Gasteiger charge is -2.37. The van der Waals surface area contributed by atoms with Crippen LogP contribution in [0, 0.1) is 11.8 Å². The summed E-state index contributed by atoms with van der Waals surface area (Å²) in [5.41, 5.74) is 2.78. The molecular weight excluding hydrogens is 494 g/mol. The van der Waals surface area contributed by atoms with Crippen LogP contribution in [0.2, 0.25) is 0 Å². The van der Waals surface area contributed by atoms with Gasteiger partial charge in [0.05, 0.1) is 13.2 Å². The van der Waals surface area contributed by atoms with Crippen LogP contribution in [0.5, 0.6) is 6.01 Å². The third-order valence-corrected chi connectivity index (χ3v) is 8.08. The van der Waals surface area contributed by atoms with E-state index in [-0.39, 0.29) is 23.4 Å². The van der Waals surface area contributed by atoms with E-state index in [9.17, 15) is 9.59 Å². The summed E-state index contributed by atoms with van der Waals surface area (Å²) in [5.74, 6) is 1.75. The van der Waals surface area contributed by atoms with Gasteiger partial charge in [-0.1, -0.05) is 37.6 Å². The van der Waals surface area contributed by atoms with Gasteiger partial charge in [-0.2, -0.15) is 9.97 Å². The van der Waals surface area contributed by atoms with Crippen LogP contribution in [0.1, 0.15) is 63.5 Å². The summed E-state index contributed by atoms with van der Waals surface area (Å²) in [6.07, 6.45) is 7.11. The van der Waals surface area contributed by atoms with Crippen molar-refractivity contribution >= 4 is 22.9 Å². The minimum Gasteiger partial charge on any atom is -0.463 e. The lowest BCUT2D eigenvalue weighted by atomic mass is 9.79. The van der Waals surface area contributed by atoms with Crippen LogP contribution >= 0.6 is 0 Å². The molecule has 4 heterocycles. The number of piperidine rings is 2. The number of H-pyrrole nitrogens is 1. The lowest BCUT2D eigenvalue weighted by molar-refractivity contribution is -0.114. The number of hydrogen-bond donors (Lipinski definition) is 3. The number of aromatic nitrogens is 4. The molecule has 10 heteroatoms. The fourth-order valence-electron chi connectivity index (χ4n) is 5.88. The Kier molecular flexibility index (Phi) is 8.93. The maximum atomic E-state index is 12.9. The second-order valence-corrected chi connectivity index (χ2v) is 11.0. The lowest BCUT2D eigenvalue weighted by Crippen LogP contribution is -2.39. The minimum atomic E-state index is -0.308. The van der Waals surface area contributed by atoms with Crippen molar-refractivity contribution in [3.8, 4) is 6.01 Å². The van der Waals surface area contributed by atoms with Crippen LogP contribution in [0.4, 0.5) is 5.82 Å². The first-order valence-electron chi connectivity index (χ1n) is 14.4. The molecule has 10 nitrogen and oxygen atoms in total. The van der Waals surface area contributed by atoms with Crippen molar-refractivity contribution < 1.29 is 9.53 Å². The van der Waals surface area contributed by atoms with Crippen LogP contribution in [0.3, 0.4) is 0 Å². The molecule has 2 saturated heterocycles. The molecule has 1 amide bonds. The van der Waals surface area contributed by atoms with Crippen LogP contribution < -0.4 is 21.1 Å². The number of anilines is 1. The molecule has 0 unspecified atom stereocenters. The van der Waals surface area contributed by atoms with Crippen LogP contribution in [0.25, 0.3) is 11.2 Å². The number of unbranched alkanes of at least 4 members (excludes halogenated alkanes) is 1. The van der Waals surface area contributed by atoms with Crippen molar-refractivity contribution in [3.63, 3.8) is 0 Å². The highest BCUT2D eigenvalue weighted by Gasteiger charge is 2.27. The van der Waals surface area contributed by atoms with E-state index in [1.165, 1.54) is 64.3 Å². The van der Waals surface area contributed by atoms with E-state index in [2.05, 4.69) is 61.7 Å². The van der Waals surface area contributed by atoms with Crippen molar-refractivity contribution in [2.24, 2.45) is 11.8 Å². The normalized spacial score (nSPS) is 17.5. The number of nitrogens with one attached hydrogen (secondary N) is 3. The van der Waals surface area contributed by atoms with Gasteiger partial charge in [0.2, 0.25) is 5.91 Å². The second-order valence-electron chi connectivity index (χ2n) is 11.0. The van der Waals surface area contributed by atoms with E-state index in [1.807, 2.05) is 0 Å². The molecule has 0 radical (unpaired) electrons. The summed E-state index contributed by atoms with van der Waals surface area (Å²) in [7, 11) is 0. The fraction of sp³-hybridized carbons (Fsp3) is 0.586. The van der Waals surface area contributed by atoms with E-state index in [0.717, 1.165) is 36.8 Å². The highest BCUT2D eigenvalue weighted by molar-refractivity contribution is 5.95. The minimum absolute atomic E-state index is 0.145. The zero-order chi connectivity index (χ0) is 27.2. The highest BCUT2D eigenvalue weighted by atomic mass is 16.5. The molecule has 3 aromatic rings. The average Bonchev–Trinajstić information content (AvgIpc) is 3.25. The predicted octanol–water partition coefficient (Wildman–Crippen LogP) is 3.52. The van der Waals surface area contributed by atoms with Gasteiger partial charge in [-0.25, -0.2) is 4.79 Å². The number of nitrogens with zero attached hydrogens (tertiary/aromatic N) is 4. The Morgan fingerprint density at radius 1 is 1.03 bits per heavy atom. The van der Waals surface area contributed by atoms with E-state index >= 15 is 0 Å². The molecule has 0 bridgehead atoms. The summed E-state index contributed by atoms with van der Waals surface area (Å²) in [6, 6.07) is 8.62. The molecule has 1 aromatic carbocycles. The molecule has 2 aliphatic rings. The van der Waals surface area contributed by atoms with Crippen LogP contribution in [0.15, 0.2) is 29.1 Å². The van der Waals surface area contributed by atoms with Gasteiger partial charge in [0.15, 0.2) is 11.5 Å². The first-order chi connectivity index (χ1) is 19.0. The molecule has 3 N–H and O–H groups in total. The van der Waals surface area contributed by atoms with Crippen molar-refractivity contribution in [1.29, 1.82) is 0 Å². The Balaban J connectivity index is 1.25. The monoisotopic (exact) mass is 535 g/mol. The Morgan fingerprint density at radius 3 is 2.36 bits per heavy atom. The SMILES string of the molecule is CCCCOc1nc(NC(C)=O)c2[nH]c(=O)n(Cc3ccc(CN4CCC(C5CCNCC5)CC4)cc3)c2n1. The van der Waals surface area contributed by atoms with Gasteiger partial charge >= 0.3 is 11.7 Å². The van der Waals surface area contributed by atoms with E-state index in [0.29, 0.717) is 24.3 Å². The van der Waals surface area contributed by atoms with E-state index in [1.54, 1.807) is 4.57 Å². The summed E-state index contributed by atoms with van der Waals surface area (Å²) in [4.78, 5) is 38.9. The molecule has 39 heavy (non-hydrogen) atoms. The molecule has 2 aliphatic heterocycles. The maximum absolute atomic E-state index is 12.9. The first-order valence-corrected chi connectivity index (χ1v) is 14.4. The second kappa shape index (κ2) is 12.7. The Hall–Kier alpha value is -3.24. The summed E-state index contributed by atoms with van der Waals surface area (Å²) in [6.45, 7) is 9.94. The van der Waals surface area contributed by atoms with Crippen molar-refractivity contribution in [2.45, 2.75) is 65.5 Å². The summed E-state index contributed by atoms with van der Waals surface area (Å²) >= 11 is 0. The summed E-state index contributed by atoms with van der Waals surface area (Å²) in [5, 5.41) is 6.18. The number of benzene rings is 1. The molecule has 210 valence electrons. The van der Waals surface area contributed by atoms with Gasteiger partial charge in [-0.15, -0.1) is 0 Å². The zero-order valence-corrected chi connectivity index (χ0v) is 23.2. The molecule has 2 aromatic heterocycles. The van der Waals surface area contributed by atoms with Gasteiger partial charge in [0, 0.05) is 13.5 Å². The zero-order valence-electron chi connectivity index (χ0n) is 23.2. The third-order valence-electron chi connectivity index (χ3n) is 8.08. The van der Waals surface area contributed by atoms with Crippen LogP contribution in [-0.2, 0) is 17.9 Å². The van der Waals surface area contributed by atoms with E-state index < -0.39 is 0 Å². The number of carbonyl (C=O) groups excluding carboxylic acids is 1.